The Labute approximate surface area is 179 Å². The number of aryl methyl sites for hydroxylation is 2. The molecule has 2 N–H and O–H groups in total. The van der Waals surface area contributed by atoms with Gasteiger partial charge in [0.1, 0.15) is 0 Å². The molecule has 3 aromatic carbocycles. The predicted octanol–water partition coefficient (Wildman–Crippen LogP) is 5.66. The summed E-state index contributed by atoms with van der Waals surface area (Å²) in [5.74, 6) is -0.310. The number of sulfonamides is 1. The van der Waals surface area contributed by atoms with Crippen LogP contribution in [0, 0.1) is 13.8 Å². The minimum Gasteiger partial charge on any atom is -0.322 e. The van der Waals surface area contributed by atoms with Crippen LogP contribution in [0.1, 0.15) is 21.5 Å². The van der Waals surface area contributed by atoms with E-state index in [1.165, 1.54) is 12.1 Å². The minimum atomic E-state index is -3.79. The van der Waals surface area contributed by atoms with Crippen molar-refractivity contribution in [3.8, 4) is 0 Å². The average Bonchev–Trinajstić information content (AvgIpc) is 2.66. The van der Waals surface area contributed by atoms with Gasteiger partial charge in [0, 0.05) is 21.3 Å². The van der Waals surface area contributed by atoms with Crippen LogP contribution in [0.3, 0.4) is 0 Å². The number of amides is 1. The molecule has 3 aromatic rings. The predicted molar refractivity (Wildman–Crippen MR) is 118 cm³/mol. The molecule has 29 heavy (non-hydrogen) atoms. The highest BCUT2D eigenvalue weighted by atomic mass is 35.5. The van der Waals surface area contributed by atoms with Gasteiger partial charge in [-0.3, -0.25) is 9.52 Å². The number of hydrogen-bond acceptors (Lipinski definition) is 3. The van der Waals surface area contributed by atoms with Crippen LogP contribution in [-0.2, 0) is 10.0 Å². The van der Waals surface area contributed by atoms with E-state index in [1.807, 2.05) is 0 Å². The third-order valence-electron chi connectivity index (χ3n) is 4.30. The summed E-state index contributed by atoms with van der Waals surface area (Å²) in [7, 11) is -3.79. The molecule has 1 amide bonds. The van der Waals surface area contributed by atoms with E-state index in [1.54, 1.807) is 62.4 Å². The van der Waals surface area contributed by atoms with E-state index >= 15 is 0 Å². The molecule has 5 nitrogen and oxygen atoms in total. The first kappa shape index (κ1) is 21.2. The number of rotatable bonds is 5. The van der Waals surface area contributed by atoms with Gasteiger partial charge < -0.3 is 5.32 Å². The van der Waals surface area contributed by atoms with Crippen molar-refractivity contribution in [2.75, 3.05) is 10.0 Å². The fourth-order valence-electron chi connectivity index (χ4n) is 2.68. The molecule has 0 heterocycles. The Morgan fingerprint density at radius 2 is 1.38 bits per heavy atom. The Bertz CT molecular complexity index is 1180. The second kappa shape index (κ2) is 8.45. The molecular formula is C21H18Cl2N2O3S. The van der Waals surface area contributed by atoms with Crippen LogP contribution >= 0.6 is 23.2 Å². The zero-order chi connectivity index (χ0) is 21.2. The highest BCUT2D eigenvalue weighted by molar-refractivity contribution is 7.92. The molecule has 3 rings (SSSR count). The van der Waals surface area contributed by atoms with Gasteiger partial charge in [-0.1, -0.05) is 23.2 Å². The maximum absolute atomic E-state index is 12.7. The quantitative estimate of drug-likeness (QED) is 0.528. The van der Waals surface area contributed by atoms with Crippen LogP contribution < -0.4 is 10.0 Å². The van der Waals surface area contributed by atoms with Crippen LogP contribution in [0.5, 0.6) is 0 Å². The van der Waals surface area contributed by atoms with E-state index < -0.39 is 10.0 Å². The highest BCUT2D eigenvalue weighted by Gasteiger charge is 2.17. The Balaban J connectivity index is 1.80. The molecule has 0 atom stereocenters. The van der Waals surface area contributed by atoms with E-state index in [2.05, 4.69) is 10.0 Å². The molecule has 0 aliphatic heterocycles. The minimum absolute atomic E-state index is 0.0915. The number of benzene rings is 3. The van der Waals surface area contributed by atoms with Gasteiger partial charge in [-0.2, -0.15) is 0 Å². The lowest BCUT2D eigenvalue weighted by Gasteiger charge is -2.13. The van der Waals surface area contributed by atoms with E-state index in [9.17, 15) is 13.2 Å². The third-order valence-corrected chi connectivity index (χ3v) is 6.15. The number of carbonyl (C=O) groups excluding carboxylic acids is 1. The molecule has 0 spiro atoms. The lowest BCUT2D eigenvalue weighted by Crippen LogP contribution is -2.15. The van der Waals surface area contributed by atoms with Crippen LogP contribution in [0.2, 0.25) is 10.0 Å². The lowest BCUT2D eigenvalue weighted by molar-refractivity contribution is 0.102. The molecule has 0 aliphatic carbocycles. The van der Waals surface area contributed by atoms with Crippen molar-refractivity contribution < 1.29 is 13.2 Å². The van der Waals surface area contributed by atoms with Crippen molar-refractivity contribution in [1.82, 2.24) is 0 Å². The van der Waals surface area contributed by atoms with E-state index in [0.717, 1.165) is 0 Å². The molecular weight excluding hydrogens is 431 g/mol. The molecule has 0 aromatic heterocycles. The fraction of sp³-hybridized carbons (Fsp3) is 0.0952. The smallest absolute Gasteiger partial charge is 0.261 e. The van der Waals surface area contributed by atoms with Gasteiger partial charge in [0.15, 0.2) is 0 Å². The van der Waals surface area contributed by atoms with Gasteiger partial charge in [-0.25, -0.2) is 8.42 Å². The first-order valence-corrected chi connectivity index (χ1v) is 10.9. The molecule has 0 saturated heterocycles. The molecule has 0 unspecified atom stereocenters. The van der Waals surface area contributed by atoms with Gasteiger partial charge in [-0.05, 0) is 85.6 Å². The Morgan fingerprint density at radius 3 is 2.00 bits per heavy atom. The fourth-order valence-corrected chi connectivity index (χ4v) is 4.25. The van der Waals surface area contributed by atoms with Gasteiger partial charge in [0.2, 0.25) is 0 Å². The monoisotopic (exact) mass is 448 g/mol. The number of anilines is 2. The largest absolute Gasteiger partial charge is 0.322 e. The van der Waals surface area contributed by atoms with Crippen molar-refractivity contribution in [1.29, 1.82) is 0 Å². The van der Waals surface area contributed by atoms with Gasteiger partial charge in [0.05, 0.1) is 10.6 Å². The summed E-state index contributed by atoms with van der Waals surface area (Å²) in [6.07, 6.45) is 0. The first-order chi connectivity index (χ1) is 13.7. The van der Waals surface area contributed by atoms with Gasteiger partial charge in [-0.15, -0.1) is 0 Å². The molecule has 0 saturated carbocycles. The Kier molecular flexibility index (Phi) is 6.17. The standard InChI is InChI=1S/C21H18Cl2N2O3S/c1-13-11-17(23)7-9-20(13)25-29(27,28)18-8-10-19(14(2)12-18)24-21(26)15-3-5-16(22)6-4-15/h3-12,25H,1-2H3,(H,24,26). The summed E-state index contributed by atoms with van der Waals surface area (Å²) in [6.45, 7) is 3.49. The summed E-state index contributed by atoms with van der Waals surface area (Å²) < 4.78 is 28.0. The van der Waals surface area contributed by atoms with Gasteiger partial charge >= 0.3 is 0 Å². The Hall–Kier alpha value is -2.54. The summed E-state index contributed by atoms with van der Waals surface area (Å²) in [6, 6.07) is 15.9. The molecule has 0 bridgehead atoms. The number of halogens is 2. The summed E-state index contributed by atoms with van der Waals surface area (Å²) in [5, 5.41) is 3.85. The topological polar surface area (TPSA) is 75.3 Å². The van der Waals surface area contributed by atoms with Crippen LogP contribution in [0.25, 0.3) is 0 Å². The van der Waals surface area contributed by atoms with Crippen molar-refractivity contribution in [2.24, 2.45) is 0 Å². The summed E-state index contributed by atoms with van der Waals surface area (Å²) in [5.41, 5.74) is 2.75. The van der Waals surface area contributed by atoms with E-state index in [-0.39, 0.29) is 10.8 Å². The zero-order valence-electron chi connectivity index (χ0n) is 15.7. The highest BCUT2D eigenvalue weighted by Crippen LogP contribution is 2.25. The lowest BCUT2D eigenvalue weighted by atomic mass is 10.1. The van der Waals surface area contributed by atoms with Gasteiger partial charge in [0.25, 0.3) is 15.9 Å². The number of hydrogen-bond donors (Lipinski definition) is 2. The van der Waals surface area contributed by atoms with Crippen molar-refractivity contribution in [3.63, 3.8) is 0 Å². The molecule has 0 fully saturated rings. The Morgan fingerprint density at radius 1 is 0.793 bits per heavy atom. The van der Waals surface area contributed by atoms with Crippen molar-refractivity contribution in [2.45, 2.75) is 18.7 Å². The third kappa shape index (κ3) is 5.09. The maximum Gasteiger partial charge on any atom is 0.261 e. The summed E-state index contributed by atoms with van der Waals surface area (Å²) in [4.78, 5) is 12.5. The van der Waals surface area contributed by atoms with E-state index in [4.69, 9.17) is 23.2 Å². The van der Waals surface area contributed by atoms with E-state index in [0.29, 0.717) is 38.1 Å². The number of carbonyl (C=O) groups is 1. The molecule has 0 radical (unpaired) electrons. The second-order valence-electron chi connectivity index (χ2n) is 6.50. The molecule has 0 aliphatic rings. The van der Waals surface area contributed by atoms with Crippen LogP contribution in [0.4, 0.5) is 11.4 Å². The van der Waals surface area contributed by atoms with Crippen LogP contribution in [-0.4, -0.2) is 14.3 Å². The normalized spacial score (nSPS) is 11.2. The zero-order valence-corrected chi connectivity index (χ0v) is 18.0. The molecule has 8 heteroatoms. The van der Waals surface area contributed by atoms with Crippen LogP contribution in [0.15, 0.2) is 65.6 Å². The first-order valence-electron chi connectivity index (χ1n) is 8.62. The van der Waals surface area contributed by atoms with Crippen molar-refractivity contribution in [3.05, 3.63) is 87.4 Å². The summed E-state index contributed by atoms with van der Waals surface area (Å²) >= 11 is 11.8. The second-order valence-corrected chi connectivity index (χ2v) is 9.06. The average molecular weight is 449 g/mol. The number of nitrogens with one attached hydrogen (secondary N) is 2. The molecule has 150 valence electrons. The maximum atomic E-state index is 12.7. The SMILES string of the molecule is Cc1cc(S(=O)(=O)Nc2ccc(Cl)cc2C)ccc1NC(=O)c1ccc(Cl)cc1. The van der Waals surface area contributed by atoms with Crippen molar-refractivity contribution >= 4 is 50.5 Å².